The molecule has 4 heteroatoms. The Bertz CT molecular complexity index is 1130. The zero-order valence-corrected chi connectivity index (χ0v) is 16.4. The number of benzene rings is 3. The Hall–Kier alpha value is -3.45. The summed E-state index contributed by atoms with van der Waals surface area (Å²) >= 11 is 0. The molecular weight excluding hydrogens is 375 g/mol. The van der Waals surface area contributed by atoms with Crippen molar-refractivity contribution in [3.05, 3.63) is 106 Å². The SMILES string of the molecule is N#CC1(C(=O)NCCc2cccc(F)c2)CC2c3ccccc3C1c1ccccc12. The second-order valence-corrected chi connectivity index (χ2v) is 8.17. The molecule has 0 saturated carbocycles. The molecule has 3 nitrogen and oxygen atoms in total. The average Bonchev–Trinajstić information content (AvgIpc) is 2.79. The Morgan fingerprint density at radius 2 is 1.63 bits per heavy atom. The third-order valence-corrected chi connectivity index (χ3v) is 6.58. The van der Waals surface area contributed by atoms with E-state index in [1.807, 2.05) is 42.5 Å². The summed E-state index contributed by atoms with van der Waals surface area (Å²) in [4.78, 5) is 13.4. The zero-order chi connectivity index (χ0) is 20.7. The summed E-state index contributed by atoms with van der Waals surface area (Å²) < 4.78 is 13.4. The number of halogens is 1. The van der Waals surface area contributed by atoms with Crippen molar-refractivity contribution in [1.82, 2.24) is 5.32 Å². The van der Waals surface area contributed by atoms with Gasteiger partial charge < -0.3 is 5.32 Å². The van der Waals surface area contributed by atoms with Crippen molar-refractivity contribution in [2.24, 2.45) is 5.41 Å². The first-order valence-electron chi connectivity index (χ1n) is 10.3. The van der Waals surface area contributed by atoms with E-state index in [0.29, 0.717) is 19.4 Å². The molecule has 3 aromatic carbocycles. The van der Waals surface area contributed by atoms with Gasteiger partial charge in [0.1, 0.15) is 11.2 Å². The first-order valence-corrected chi connectivity index (χ1v) is 10.3. The van der Waals surface area contributed by atoms with Crippen LogP contribution in [0.1, 0.15) is 46.1 Å². The molecule has 0 aromatic heterocycles. The second-order valence-electron chi connectivity index (χ2n) is 8.17. The van der Waals surface area contributed by atoms with E-state index < -0.39 is 5.41 Å². The number of hydrogen-bond donors (Lipinski definition) is 1. The molecule has 1 amide bonds. The first-order chi connectivity index (χ1) is 14.6. The molecule has 1 N–H and O–H groups in total. The fraction of sp³-hybridized carbons (Fsp3) is 0.231. The van der Waals surface area contributed by atoms with Crippen LogP contribution in [0.25, 0.3) is 0 Å². The number of hydrogen-bond acceptors (Lipinski definition) is 2. The van der Waals surface area contributed by atoms with Gasteiger partial charge in [-0.3, -0.25) is 4.79 Å². The third-order valence-electron chi connectivity index (χ3n) is 6.58. The molecule has 0 spiro atoms. The van der Waals surface area contributed by atoms with Crippen molar-refractivity contribution >= 4 is 5.91 Å². The van der Waals surface area contributed by atoms with Crippen LogP contribution < -0.4 is 5.32 Å². The van der Waals surface area contributed by atoms with E-state index in [0.717, 1.165) is 16.7 Å². The number of rotatable bonds is 4. The third kappa shape index (κ3) is 2.74. The summed E-state index contributed by atoms with van der Waals surface area (Å²) in [5, 5.41) is 13.3. The van der Waals surface area contributed by atoms with Crippen LogP contribution in [-0.4, -0.2) is 12.5 Å². The molecule has 1 atom stereocenters. The van der Waals surface area contributed by atoms with E-state index in [1.54, 1.807) is 6.07 Å². The summed E-state index contributed by atoms with van der Waals surface area (Å²) in [7, 11) is 0. The van der Waals surface area contributed by atoms with Gasteiger partial charge in [-0.1, -0.05) is 60.7 Å². The number of nitrogens with zero attached hydrogens (tertiary/aromatic N) is 1. The van der Waals surface area contributed by atoms with Crippen LogP contribution in [0, 0.1) is 22.6 Å². The van der Waals surface area contributed by atoms with E-state index in [9.17, 15) is 14.4 Å². The normalized spacial score (nSPS) is 23.2. The van der Waals surface area contributed by atoms with Gasteiger partial charge in [-0.25, -0.2) is 4.39 Å². The lowest BCUT2D eigenvalue weighted by molar-refractivity contribution is -0.129. The van der Waals surface area contributed by atoms with E-state index in [-0.39, 0.29) is 23.6 Å². The summed E-state index contributed by atoms with van der Waals surface area (Å²) in [6.07, 6.45) is 1.00. The molecule has 0 saturated heterocycles. The van der Waals surface area contributed by atoms with Gasteiger partial charge in [0.2, 0.25) is 5.91 Å². The molecule has 3 aromatic rings. The van der Waals surface area contributed by atoms with Crippen LogP contribution in [-0.2, 0) is 11.2 Å². The smallest absolute Gasteiger partial charge is 0.241 e. The quantitative estimate of drug-likeness (QED) is 0.696. The number of amides is 1. The predicted molar refractivity (Wildman–Crippen MR) is 112 cm³/mol. The molecule has 0 radical (unpaired) electrons. The van der Waals surface area contributed by atoms with Crippen molar-refractivity contribution in [2.75, 3.05) is 6.54 Å². The summed E-state index contributed by atoms with van der Waals surface area (Å²) in [6.45, 7) is 0.367. The summed E-state index contributed by atoms with van der Waals surface area (Å²) in [6, 6.07) is 25.1. The molecule has 3 aliphatic carbocycles. The average molecular weight is 396 g/mol. The largest absolute Gasteiger partial charge is 0.354 e. The predicted octanol–water partition coefficient (Wildman–Crippen LogP) is 4.68. The maximum atomic E-state index is 13.4. The lowest BCUT2D eigenvalue weighted by Crippen LogP contribution is -2.50. The highest BCUT2D eigenvalue weighted by molar-refractivity contribution is 5.89. The number of carbonyl (C=O) groups is 1. The molecule has 30 heavy (non-hydrogen) atoms. The zero-order valence-electron chi connectivity index (χ0n) is 16.4. The fourth-order valence-electron chi connectivity index (χ4n) is 5.26. The van der Waals surface area contributed by atoms with Gasteiger partial charge in [0.15, 0.2) is 0 Å². The minimum Gasteiger partial charge on any atom is -0.354 e. The molecule has 148 valence electrons. The highest BCUT2D eigenvalue weighted by atomic mass is 19.1. The van der Waals surface area contributed by atoms with Gasteiger partial charge in [-0.15, -0.1) is 0 Å². The van der Waals surface area contributed by atoms with Crippen LogP contribution in [0.4, 0.5) is 4.39 Å². The van der Waals surface area contributed by atoms with Crippen molar-refractivity contribution in [1.29, 1.82) is 5.26 Å². The molecule has 3 aliphatic rings. The summed E-state index contributed by atoms with van der Waals surface area (Å²) in [5.41, 5.74) is 4.28. The maximum absolute atomic E-state index is 13.4. The lowest BCUT2D eigenvalue weighted by Gasteiger charge is -2.48. The Kier molecular flexibility index (Phi) is 4.40. The van der Waals surface area contributed by atoms with E-state index in [1.165, 1.54) is 23.3 Å². The maximum Gasteiger partial charge on any atom is 0.241 e. The molecule has 1 unspecified atom stereocenters. The van der Waals surface area contributed by atoms with Gasteiger partial charge in [0.25, 0.3) is 0 Å². The lowest BCUT2D eigenvalue weighted by atomic mass is 9.52. The van der Waals surface area contributed by atoms with Gasteiger partial charge in [0.05, 0.1) is 6.07 Å². The van der Waals surface area contributed by atoms with Crippen LogP contribution >= 0.6 is 0 Å². The number of nitriles is 1. The molecule has 0 fully saturated rings. The number of nitrogens with one attached hydrogen (secondary N) is 1. The molecular formula is C26H21FN2O. The minimum absolute atomic E-state index is 0.0380. The van der Waals surface area contributed by atoms with E-state index in [2.05, 4.69) is 23.5 Å². The van der Waals surface area contributed by atoms with E-state index in [4.69, 9.17) is 0 Å². The number of carbonyl (C=O) groups excluding carboxylic acids is 1. The minimum atomic E-state index is -1.14. The number of fused-ring (bicyclic) bond motifs is 1. The van der Waals surface area contributed by atoms with Crippen molar-refractivity contribution in [2.45, 2.75) is 24.7 Å². The molecule has 0 aliphatic heterocycles. The second kappa shape index (κ2) is 7.11. The summed E-state index contributed by atoms with van der Waals surface area (Å²) in [5.74, 6) is -0.768. The van der Waals surface area contributed by atoms with Gasteiger partial charge in [-0.05, 0) is 52.8 Å². The Morgan fingerprint density at radius 1 is 1.00 bits per heavy atom. The topological polar surface area (TPSA) is 52.9 Å². The molecule has 0 heterocycles. The van der Waals surface area contributed by atoms with Crippen molar-refractivity contribution in [3.8, 4) is 6.07 Å². The van der Waals surface area contributed by atoms with Gasteiger partial charge >= 0.3 is 0 Å². The van der Waals surface area contributed by atoms with Gasteiger partial charge in [-0.2, -0.15) is 5.26 Å². The van der Waals surface area contributed by atoms with Crippen LogP contribution in [0.2, 0.25) is 0 Å². The van der Waals surface area contributed by atoms with Crippen LogP contribution in [0.5, 0.6) is 0 Å². The van der Waals surface area contributed by atoms with Crippen molar-refractivity contribution in [3.63, 3.8) is 0 Å². The van der Waals surface area contributed by atoms with Crippen LogP contribution in [0.3, 0.4) is 0 Å². The molecule has 6 rings (SSSR count). The van der Waals surface area contributed by atoms with E-state index >= 15 is 0 Å². The Labute approximate surface area is 175 Å². The highest BCUT2D eigenvalue weighted by Crippen LogP contribution is 2.60. The van der Waals surface area contributed by atoms with Crippen molar-refractivity contribution < 1.29 is 9.18 Å². The Morgan fingerprint density at radius 3 is 2.23 bits per heavy atom. The highest BCUT2D eigenvalue weighted by Gasteiger charge is 2.57. The standard InChI is InChI=1S/C26H21FN2O/c27-18-7-5-6-17(14-18)12-13-29-25(30)26(16-28)15-23-19-8-1-3-10-21(19)24(26)22-11-4-2-9-20(22)23/h1-11,14,23-24H,12-13,15H2,(H,29,30). The van der Waals surface area contributed by atoms with Gasteiger partial charge in [0, 0.05) is 18.4 Å². The van der Waals surface area contributed by atoms with Crippen LogP contribution in [0.15, 0.2) is 72.8 Å². The monoisotopic (exact) mass is 396 g/mol. The fourth-order valence-corrected chi connectivity index (χ4v) is 5.26. The first kappa shape index (κ1) is 18.6. The Balaban J connectivity index is 1.47. The molecule has 2 bridgehead atoms.